The second kappa shape index (κ2) is 6.66. The van der Waals surface area contributed by atoms with Gasteiger partial charge in [-0.25, -0.2) is 9.61 Å². The average molecular weight is 315 g/mol. The molecule has 0 spiro atoms. The molecule has 3 rings (SSSR count). The highest BCUT2D eigenvalue weighted by Crippen LogP contribution is 2.28. The predicted molar refractivity (Wildman–Crippen MR) is 88.1 cm³/mol. The topological polar surface area (TPSA) is 121 Å². The van der Waals surface area contributed by atoms with Crippen molar-refractivity contribution in [3.8, 4) is 11.5 Å². The Kier molecular flexibility index (Phi) is 4.42. The van der Waals surface area contributed by atoms with E-state index in [1.54, 1.807) is 0 Å². The molecule has 1 unspecified atom stereocenters. The van der Waals surface area contributed by atoms with E-state index in [9.17, 15) is 0 Å². The van der Waals surface area contributed by atoms with Crippen LogP contribution in [0.2, 0.25) is 0 Å². The number of nitrogens with two attached hydrogens (primary N) is 2. The van der Waals surface area contributed by atoms with Gasteiger partial charge >= 0.3 is 0 Å². The maximum atomic E-state index is 5.83. The summed E-state index contributed by atoms with van der Waals surface area (Å²) in [5, 5.41) is 10.8. The summed E-state index contributed by atoms with van der Waals surface area (Å²) < 4.78 is 6.69. The van der Waals surface area contributed by atoms with Gasteiger partial charge in [0.2, 0.25) is 0 Å². The van der Waals surface area contributed by atoms with Gasteiger partial charge in [0.05, 0.1) is 5.69 Å². The zero-order valence-corrected chi connectivity index (χ0v) is 13.1. The van der Waals surface area contributed by atoms with Crippen LogP contribution < -0.4 is 16.8 Å². The summed E-state index contributed by atoms with van der Waals surface area (Å²) in [5.41, 5.74) is 14.1. The van der Waals surface area contributed by atoms with Crippen molar-refractivity contribution in [3.05, 3.63) is 30.2 Å². The Morgan fingerprint density at radius 3 is 3.00 bits per heavy atom. The van der Waals surface area contributed by atoms with Gasteiger partial charge in [-0.2, -0.15) is 0 Å². The number of anilines is 1. The van der Waals surface area contributed by atoms with E-state index in [1.807, 2.05) is 23.9 Å². The Morgan fingerprint density at radius 1 is 1.39 bits per heavy atom. The van der Waals surface area contributed by atoms with Gasteiger partial charge in [-0.15, -0.1) is 0 Å². The van der Waals surface area contributed by atoms with Gasteiger partial charge < -0.3 is 21.4 Å². The zero-order valence-electron chi connectivity index (χ0n) is 13.1. The minimum Gasteiger partial charge on any atom is -0.387 e. The SMILES string of the molecule is CC(CN)n1cc(/C2=C/NC/C=C\CC2)nc1-c1nonc1N. The summed E-state index contributed by atoms with van der Waals surface area (Å²) in [4.78, 5) is 4.71. The van der Waals surface area contributed by atoms with Crippen molar-refractivity contribution in [3.63, 3.8) is 0 Å². The van der Waals surface area contributed by atoms with Crippen LogP contribution in [0.3, 0.4) is 0 Å². The van der Waals surface area contributed by atoms with Gasteiger partial charge in [0.1, 0.15) is 0 Å². The second-order valence-corrected chi connectivity index (χ2v) is 5.53. The fourth-order valence-corrected chi connectivity index (χ4v) is 2.49. The molecule has 2 aromatic heterocycles. The first-order valence-electron chi connectivity index (χ1n) is 7.66. The van der Waals surface area contributed by atoms with E-state index in [-0.39, 0.29) is 11.9 Å². The molecule has 8 heteroatoms. The lowest BCUT2D eigenvalue weighted by Gasteiger charge is -2.12. The lowest BCUT2D eigenvalue weighted by atomic mass is 10.1. The van der Waals surface area contributed by atoms with E-state index >= 15 is 0 Å². The Balaban J connectivity index is 2.02. The van der Waals surface area contributed by atoms with Crippen LogP contribution >= 0.6 is 0 Å². The monoisotopic (exact) mass is 315 g/mol. The molecule has 5 N–H and O–H groups in total. The summed E-state index contributed by atoms with van der Waals surface area (Å²) >= 11 is 0. The molecule has 2 aromatic rings. The van der Waals surface area contributed by atoms with Crippen molar-refractivity contribution < 1.29 is 4.63 Å². The second-order valence-electron chi connectivity index (χ2n) is 5.53. The van der Waals surface area contributed by atoms with Crippen LogP contribution in [0, 0.1) is 0 Å². The first-order valence-corrected chi connectivity index (χ1v) is 7.66. The van der Waals surface area contributed by atoms with Crippen LogP contribution in [0.25, 0.3) is 17.1 Å². The van der Waals surface area contributed by atoms with Crippen LogP contribution in [-0.4, -0.2) is 33.0 Å². The van der Waals surface area contributed by atoms with Crippen molar-refractivity contribution >= 4 is 11.4 Å². The van der Waals surface area contributed by atoms with Crippen molar-refractivity contribution in [2.45, 2.75) is 25.8 Å². The highest BCUT2D eigenvalue weighted by molar-refractivity contribution is 5.68. The van der Waals surface area contributed by atoms with Crippen LogP contribution in [0.1, 0.15) is 31.5 Å². The van der Waals surface area contributed by atoms with Crippen LogP contribution in [0.5, 0.6) is 0 Å². The van der Waals surface area contributed by atoms with Gasteiger partial charge in [0, 0.05) is 31.5 Å². The molecule has 0 saturated heterocycles. The maximum absolute atomic E-state index is 5.83. The number of nitrogens with one attached hydrogen (secondary N) is 1. The first kappa shape index (κ1) is 15.3. The zero-order chi connectivity index (χ0) is 16.2. The van der Waals surface area contributed by atoms with Crippen molar-refractivity contribution in [2.75, 3.05) is 18.8 Å². The number of allylic oxidation sites excluding steroid dienone is 2. The molecule has 0 amide bonds. The van der Waals surface area contributed by atoms with Gasteiger partial charge in [-0.1, -0.05) is 12.2 Å². The highest BCUT2D eigenvalue weighted by Gasteiger charge is 2.21. The van der Waals surface area contributed by atoms with E-state index in [4.69, 9.17) is 21.1 Å². The van der Waals surface area contributed by atoms with Gasteiger partial charge in [0.25, 0.3) is 0 Å². The minimum atomic E-state index is 0.0596. The molecule has 1 aliphatic rings. The Morgan fingerprint density at radius 2 is 2.26 bits per heavy atom. The average Bonchev–Trinajstić information content (AvgIpc) is 3.12. The standard InChI is InChI=1S/C15H21N7O/c1-10(7-16)22-9-12(11-5-3-2-4-6-18-8-11)19-15(22)13-14(17)21-23-20-13/h2,4,8-10,18H,3,5-7,16H2,1H3,(H2,17,21)/b4-2-,11-8+. The molecular formula is C15H21N7O. The molecule has 8 nitrogen and oxygen atoms in total. The summed E-state index contributed by atoms with van der Waals surface area (Å²) in [6, 6.07) is 0.0596. The molecule has 0 saturated carbocycles. The summed E-state index contributed by atoms with van der Waals surface area (Å²) in [7, 11) is 0. The summed E-state index contributed by atoms with van der Waals surface area (Å²) in [6.07, 6.45) is 10.2. The summed E-state index contributed by atoms with van der Waals surface area (Å²) in [5.74, 6) is 0.843. The third-order valence-electron chi connectivity index (χ3n) is 3.86. The number of imidazole rings is 1. The van der Waals surface area contributed by atoms with Gasteiger partial charge in [-0.3, -0.25) is 0 Å². The number of nitrogen functional groups attached to an aromatic ring is 1. The third-order valence-corrected chi connectivity index (χ3v) is 3.86. The number of hydrogen-bond donors (Lipinski definition) is 3. The van der Waals surface area contributed by atoms with E-state index in [0.717, 1.165) is 30.7 Å². The van der Waals surface area contributed by atoms with Crippen LogP contribution in [0.4, 0.5) is 5.82 Å². The van der Waals surface area contributed by atoms with Crippen molar-refractivity contribution in [1.82, 2.24) is 25.2 Å². The molecule has 0 bridgehead atoms. The quantitative estimate of drug-likeness (QED) is 0.727. The van der Waals surface area contributed by atoms with Crippen LogP contribution in [-0.2, 0) is 0 Å². The Hall–Kier alpha value is -2.61. The van der Waals surface area contributed by atoms with Crippen molar-refractivity contribution in [2.24, 2.45) is 5.73 Å². The molecule has 3 heterocycles. The molecule has 122 valence electrons. The molecule has 0 fully saturated rings. The lowest BCUT2D eigenvalue weighted by Crippen LogP contribution is -2.16. The Bertz CT molecular complexity index is 728. The molecule has 0 aromatic carbocycles. The van der Waals surface area contributed by atoms with Crippen molar-refractivity contribution in [1.29, 1.82) is 0 Å². The lowest BCUT2D eigenvalue weighted by molar-refractivity contribution is 0.310. The highest BCUT2D eigenvalue weighted by atomic mass is 16.6. The number of rotatable bonds is 4. The molecule has 1 atom stereocenters. The number of nitrogens with zero attached hydrogens (tertiary/aromatic N) is 4. The normalized spacial score (nSPS) is 20.0. The van der Waals surface area contributed by atoms with Crippen LogP contribution in [0.15, 0.2) is 29.2 Å². The fourth-order valence-electron chi connectivity index (χ4n) is 2.49. The van der Waals surface area contributed by atoms with Gasteiger partial charge in [0.15, 0.2) is 17.3 Å². The summed E-state index contributed by atoms with van der Waals surface area (Å²) in [6.45, 7) is 3.32. The van der Waals surface area contributed by atoms with E-state index in [0.29, 0.717) is 18.1 Å². The molecule has 0 aliphatic carbocycles. The van der Waals surface area contributed by atoms with E-state index in [1.165, 1.54) is 0 Å². The largest absolute Gasteiger partial charge is 0.387 e. The molecule has 1 aliphatic heterocycles. The first-order chi connectivity index (χ1) is 11.2. The predicted octanol–water partition coefficient (Wildman–Crippen LogP) is 1.32. The number of aromatic nitrogens is 4. The fraction of sp³-hybridized carbons (Fsp3) is 0.400. The maximum Gasteiger partial charge on any atom is 0.199 e. The third kappa shape index (κ3) is 3.11. The smallest absolute Gasteiger partial charge is 0.199 e. The van der Waals surface area contributed by atoms with E-state index < -0.39 is 0 Å². The Labute approximate surface area is 134 Å². The molecular weight excluding hydrogens is 294 g/mol. The molecule has 0 radical (unpaired) electrons. The minimum absolute atomic E-state index is 0.0596. The van der Waals surface area contributed by atoms with Gasteiger partial charge in [-0.05, 0) is 35.7 Å². The van der Waals surface area contributed by atoms with E-state index in [2.05, 4.69) is 27.8 Å². The number of hydrogen-bond acceptors (Lipinski definition) is 7. The molecule has 23 heavy (non-hydrogen) atoms.